The number of primary sulfonamides is 1. The summed E-state index contributed by atoms with van der Waals surface area (Å²) >= 11 is 0. The largest absolute Gasteiger partial charge is 0.278 e. The molecule has 124 valence electrons. The predicted octanol–water partition coefficient (Wildman–Crippen LogP) is 2.94. The zero-order valence-corrected chi connectivity index (χ0v) is 13.9. The molecule has 2 aromatic carbocycles. The lowest BCUT2D eigenvalue weighted by Crippen LogP contribution is -2.11. The smallest absolute Gasteiger partial charge is 0.238 e. The fourth-order valence-corrected chi connectivity index (χ4v) is 3.30. The summed E-state index contributed by atoms with van der Waals surface area (Å²) in [7, 11) is -3.71. The number of sulfonamides is 1. The van der Waals surface area contributed by atoms with E-state index in [9.17, 15) is 8.42 Å². The van der Waals surface area contributed by atoms with Crippen LogP contribution in [0.4, 0.5) is 0 Å². The van der Waals surface area contributed by atoms with Crippen molar-refractivity contribution in [2.45, 2.75) is 4.90 Å². The second kappa shape index (κ2) is 5.80. The van der Waals surface area contributed by atoms with Gasteiger partial charge in [0.15, 0.2) is 0 Å². The summed E-state index contributed by atoms with van der Waals surface area (Å²) < 4.78 is 22.8. The number of pyridine rings is 1. The molecule has 0 saturated carbocycles. The lowest BCUT2D eigenvalue weighted by atomic mass is 9.98. The van der Waals surface area contributed by atoms with Crippen LogP contribution in [0.25, 0.3) is 33.3 Å². The number of nitrogens with zero attached hydrogens (tertiary/aromatic N) is 2. The lowest BCUT2D eigenvalue weighted by Gasteiger charge is -2.09. The molecule has 0 amide bonds. The molecular weight excluding hydrogens is 336 g/mol. The Balaban J connectivity index is 1.84. The van der Waals surface area contributed by atoms with E-state index in [1.807, 2.05) is 30.3 Å². The molecule has 0 atom stereocenters. The van der Waals surface area contributed by atoms with Crippen molar-refractivity contribution in [2.75, 3.05) is 0 Å². The van der Waals surface area contributed by atoms with Crippen LogP contribution in [0.2, 0.25) is 0 Å². The van der Waals surface area contributed by atoms with E-state index in [0.717, 1.165) is 33.3 Å². The van der Waals surface area contributed by atoms with Gasteiger partial charge in [0, 0.05) is 22.7 Å². The molecule has 4 rings (SSSR count). The van der Waals surface area contributed by atoms with Gasteiger partial charge in [-0.25, -0.2) is 13.6 Å². The highest BCUT2D eigenvalue weighted by molar-refractivity contribution is 7.89. The average Bonchev–Trinajstić information content (AvgIpc) is 3.09. The third-order valence-corrected chi connectivity index (χ3v) is 4.94. The van der Waals surface area contributed by atoms with Gasteiger partial charge in [-0.15, -0.1) is 0 Å². The summed E-state index contributed by atoms with van der Waals surface area (Å²) in [4.78, 5) is 4.56. The van der Waals surface area contributed by atoms with Gasteiger partial charge in [0.1, 0.15) is 0 Å². The quantitative estimate of drug-likeness (QED) is 0.593. The molecule has 0 spiro atoms. The number of aromatic amines is 1. The van der Waals surface area contributed by atoms with Gasteiger partial charge in [-0.05, 0) is 35.9 Å². The number of nitrogens with two attached hydrogens (primary N) is 1. The molecule has 25 heavy (non-hydrogen) atoms. The minimum atomic E-state index is -3.71. The van der Waals surface area contributed by atoms with Crippen LogP contribution in [0.5, 0.6) is 0 Å². The van der Waals surface area contributed by atoms with Crippen LogP contribution in [0.1, 0.15) is 0 Å². The average molecular weight is 350 g/mol. The Morgan fingerprint density at radius 2 is 1.72 bits per heavy atom. The number of hydrogen-bond acceptors (Lipinski definition) is 4. The number of nitrogens with one attached hydrogen (secondary N) is 1. The van der Waals surface area contributed by atoms with Gasteiger partial charge in [-0.1, -0.05) is 24.3 Å². The van der Waals surface area contributed by atoms with Crippen LogP contribution in [0, 0.1) is 0 Å². The van der Waals surface area contributed by atoms with Gasteiger partial charge >= 0.3 is 0 Å². The second-order valence-corrected chi connectivity index (χ2v) is 7.20. The van der Waals surface area contributed by atoms with Crippen LogP contribution in [0.15, 0.2) is 71.9 Å². The first-order valence-corrected chi connectivity index (χ1v) is 9.09. The van der Waals surface area contributed by atoms with Crippen molar-refractivity contribution in [3.8, 4) is 22.4 Å². The first-order valence-electron chi connectivity index (χ1n) is 7.54. The van der Waals surface area contributed by atoms with E-state index < -0.39 is 10.0 Å². The summed E-state index contributed by atoms with van der Waals surface area (Å²) in [5, 5.41) is 13.1. The van der Waals surface area contributed by atoms with Gasteiger partial charge in [0.2, 0.25) is 10.0 Å². The molecule has 0 unspecified atom stereocenters. The molecule has 0 fully saturated rings. The number of H-pyrrole nitrogens is 1. The summed E-state index contributed by atoms with van der Waals surface area (Å²) in [6.45, 7) is 0. The summed E-state index contributed by atoms with van der Waals surface area (Å²) in [5.41, 5.74) is 4.51. The van der Waals surface area contributed by atoms with E-state index >= 15 is 0 Å². The molecule has 0 saturated heterocycles. The van der Waals surface area contributed by atoms with Crippen molar-refractivity contribution in [2.24, 2.45) is 5.14 Å². The van der Waals surface area contributed by atoms with Gasteiger partial charge in [0.25, 0.3) is 0 Å². The normalized spacial score (nSPS) is 11.7. The van der Waals surface area contributed by atoms with E-state index in [1.54, 1.807) is 24.5 Å². The molecule has 3 N–H and O–H groups in total. The molecule has 0 aliphatic rings. The van der Waals surface area contributed by atoms with Gasteiger partial charge in [-0.2, -0.15) is 5.10 Å². The second-order valence-electron chi connectivity index (χ2n) is 5.64. The van der Waals surface area contributed by atoms with Crippen molar-refractivity contribution in [3.05, 3.63) is 67.0 Å². The molecule has 0 aliphatic heterocycles. The lowest BCUT2D eigenvalue weighted by molar-refractivity contribution is 0.598. The van der Waals surface area contributed by atoms with E-state index in [0.29, 0.717) is 0 Å². The van der Waals surface area contributed by atoms with Crippen LogP contribution in [-0.2, 0) is 10.0 Å². The van der Waals surface area contributed by atoms with Crippen LogP contribution in [-0.4, -0.2) is 23.6 Å². The molecule has 0 bridgehead atoms. The third kappa shape index (κ3) is 2.90. The first-order chi connectivity index (χ1) is 12.0. The molecule has 6 nitrogen and oxygen atoms in total. The van der Waals surface area contributed by atoms with E-state index in [1.165, 1.54) is 12.1 Å². The summed E-state index contributed by atoms with van der Waals surface area (Å²) in [6, 6.07) is 16.3. The van der Waals surface area contributed by atoms with Crippen molar-refractivity contribution >= 4 is 20.9 Å². The minimum Gasteiger partial charge on any atom is -0.278 e. The van der Waals surface area contributed by atoms with Gasteiger partial charge in [-0.3, -0.25) is 10.1 Å². The molecule has 0 radical (unpaired) electrons. The number of fused-ring (bicyclic) bond motifs is 1. The molecule has 4 aromatic rings. The topological polar surface area (TPSA) is 102 Å². The Labute approximate surface area is 144 Å². The highest BCUT2D eigenvalue weighted by atomic mass is 32.2. The number of benzene rings is 2. The van der Waals surface area contributed by atoms with Gasteiger partial charge in [0.05, 0.1) is 22.3 Å². The summed E-state index contributed by atoms with van der Waals surface area (Å²) in [5.74, 6) is 0. The highest BCUT2D eigenvalue weighted by Crippen LogP contribution is 2.32. The molecule has 7 heteroatoms. The van der Waals surface area contributed by atoms with Crippen molar-refractivity contribution in [1.29, 1.82) is 0 Å². The standard InChI is InChI=1S/C18H14N4O2S/c19-25(23,24)15-6-3-12(4-7-15)18-16(2-1-9-20-18)13-5-8-17-14(10-13)11-21-22-17/h1-11H,(H,21,22)(H2,19,23,24). The van der Waals surface area contributed by atoms with Crippen LogP contribution >= 0.6 is 0 Å². The highest BCUT2D eigenvalue weighted by Gasteiger charge is 2.12. The van der Waals surface area contributed by atoms with Crippen LogP contribution < -0.4 is 5.14 Å². The first kappa shape index (κ1) is 15.5. The number of aromatic nitrogens is 3. The maximum Gasteiger partial charge on any atom is 0.238 e. The van der Waals surface area contributed by atoms with E-state index in [2.05, 4.69) is 15.2 Å². The van der Waals surface area contributed by atoms with Crippen molar-refractivity contribution in [3.63, 3.8) is 0 Å². The van der Waals surface area contributed by atoms with Crippen molar-refractivity contribution < 1.29 is 8.42 Å². The Bertz CT molecular complexity index is 1170. The zero-order valence-electron chi connectivity index (χ0n) is 13.0. The fourth-order valence-electron chi connectivity index (χ4n) is 2.78. The van der Waals surface area contributed by atoms with E-state index in [-0.39, 0.29) is 4.90 Å². The molecule has 2 heterocycles. The van der Waals surface area contributed by atoms with E-state index in [4.69, 9.17) is 5.14 Å². The number of hydrogen-bond donors (Lipinski definition) is 2. The SMILES string of the molecule is NS(=O)(=O)c1ccc(-c2ncccc2-c2ccc3[nH]ncc3c2)cc1. The van der Waals surface area contributed by atoms with Crippen LogP contribution in [0.3, 0.4) is 0 Å². The molecule has 2 aromatic heterocycles. The Hall–Kier alpha value is -3.03. The summed E-state index contributed by atoms with van der Waals surface area (Å²) in [6.07, 6.45) is 3.48. The maximum absolute atomic E-state index is 11.4. The van der Waals surface area contributed by atoms with Gasteiger partial charge < -0.3 is 0 Å². The maximum atomic E-state index is 11.4. The Morgan fingerprint density at radius 3 is 2.48 bits per heavy atom. The third-order valence-electron chi connectivity index (χ3n) is 4.02. The zero-order chi connectivity index (χ0) is 17.4. The minimum absolute atomic E-state index is 0.0774. The number of rotatable bonds is 3. The molecule has 0 aliphatic carbocycles. The monoisotopic (exact) mass is 350 g/mol. The Kier molecular flexibility index (Phi) is 3.60. The fraction of sp³-hybridized carbons (Fsp3) is 0. The van der Waals surface area contributed by atoms with Crippen molar-refractivity contribution in [1.82, 2.24) is 15.2 Å². The molecular formula is C18H14N4O2S. The predicted molar refractivity (Wildman–Crippen MR) is 96.1 cm³/mol. The Morgan fingerprint density at radius 1 is 0.960 bits per heavy atom.